The summed E-state index contributed by atoms with van der Waals surface area (Å²) in [5.41, 5.74) is 4.69. The average molecular weight is 347 g/mol. The summed E-state index contributed by atoms with van der Waals surface area (Å²) in [5.74, 6) is 0.174. The van der Waals surface area contributed by atoms with Gasteiger partial charge in [0.2, 0.25) is 0 Å². The van der Waals surface area contributed by atoms with Gasteiger partial charge < -0.3 is 4.90 Å². The molecule has 132 valence electrons. The van der Waals surface area contributed by atoms with Crippen LogP contribution in [0.25, 0.3) is 11.3 Å². The number of nitrogens with zero attached hydrogens (tertiary/aromatic N) is 4. The number of aromatic nitrogens is 4. The Morgan fingerprint density at radius 1 is 1.19 bits per heavy atom. The third-order valence-corrected chi connectivity index (χ3v) is 4.84. The number of aromatic amines is 1. The van der Waals surface area contributed by atoms with E-state index in [0.717, 1.165) is 36.3 Å². The largest absolute Gasteiger partial charge is 0.337 e. The minimum atomic E-state index is -0.00630. The molecule has 1 aliphatic heterocycles. The molecule has 2 aromatic heterocycles. The van der Waals surface area contributed by atoms with Crippen molar-refractivity contribution in [2.24, 2.45) is 0 Å². The molecule has 1 fully saturated rings. The van der Waals surface area contributed by atoms with Crippen LogP contribution in [0.1, 0.15) is 40.5 Å². The van der Waals surface area contributed by atoms with Gasteiger partial charge >= 0.3 is 0 Å². The topological polar surface area (TPSA) is 74.8 Å². The minimum Gasteiger partial charge on any atom is -0.337 e. The van der Waals surface area contributed by atoms with Crippen LogP contribution in [0, 0.1) is 6.92 Å². The van der Waals surface area contributed by atoms with Gasteiger partial charge in [-0.15, -0.1) is 0 Å². The van der Waals surface area contributed by atoms with Gasteiger partial charge in [0.1, 0.15) is 5.69 Å². The predicted molar refractivity (Wildman–Crippen MR) is 98.7 cm³/mol. The number of nitrogens with one attached hydrogen (secondary N) is 1. The molecule has 1 saturated heterocycles. The lowest BCUT2D eigenvalue weighted by atomic mass is 9.91. The SMILES string of the molecule is Cc1cccc(-c2nccnc2[C@H]2CCCN(C(=O)c3ccn[nH]3)C2)c1. The van der Waals surface area contributed by atoms with Gasteiger partial charge in [0.15, 0.2) is 0 Å². The van der Waals surface area contributed by atoms with Crippen LogP contribution in [0.3, 0.4) is 0 Å². The molecule has 3 aromatic rings. The van der Waals surface area contributed by atoms with Crippen molar-refractivity contribution in [3.05, 3.63) is 65.9 Å². The smallest absolute Gasteiger partial charge is 0.271 e. The zero-order valence-electron chi connectivity index (χ0n) is 14.7. The standard InChI is InChI=1S/C20H21N5O/c1-14-4-2-5-15(12-14)18-19(22-10-9-21-18)16-6-3-11-25(13-16)20(26)17-7-8-23-24-17/h2,4-5,7-10,12,16H,3,6,11,13H2,1H3,(H,23,24)/t16-/m0/s1. The number of hydrogen-bond acceptors (Lipinski definition) is 4. The molecule has 0 unspecified atom stereocenters. The Labute approximate surface area is 152 Å². The summed E-state index contributed by atoms with van der Waals surface area (Å²) in [6, 6.07) is 10.0. The van der Waals surface area contributed by atoms with E-state index < -0.39 is 0 Å². The number of aryl methyl sites for hydroxylation is 1. The number of rotatable bonds is 3. The molecule has 4 rings (SSSR count). The molecule has 1 N–H and O–H groups in total. The number of likely N-dealkylation sites (tertiary alicyclic amines) is 1. The van der Waals surface area contributed by atoms with E-state index in [1.54, 1.807) is 24.7 Å². The van der Waals surface area contributed by atoms with Crippen molar-refractivity contribution in [2.45, 2.75) is 25.7 Å². The van der Waals surface area contributed by atoms with Crippen LogP contribution in [0.2, 0.25) is 0 Å². The third-order valence-electron chi connectivity index (χ3n) is 4.84. The Hall–Kier alpha value is -3.02. The molecule has 0 spiro atoms. The minimum absolute atomic E-state index is 0.00630. The Morgan fingerprint density at radius 2 is 2.08 bits per heavy atom. The number of H-pyrrole nitrogens is 1. The Balaban J connectivity index is 1.62. The third kappa shape index (κ3) is 3.22. The first-order valence-electron chi connectivity index (χ1n) is 8.89. The quantitative estimate of drug-likeness (QED) is 0.789. The predicted octanol–water partition coefficient (Wildman–Crippen LogP) is 3.19. The second-order valence-electron chi connectivity index (χ2n) is 6.72. The van der Waals surface area contributed by atoms with Crippen LogP contribution in [-0.4, -0.2) is 44.1 Å². The van der Waals surface area contributed by atoms with Gasteiger partial charge in [-0.1, -0.05) is 23.8 Å². The lowest BCUT2D eigenvalue weighted by molar-refractivity contribution is 0.0700. The number of carbonyl (C=O) groups excluding carboxylic acids is 1. The van der Waals surface area contributed by atoms with E-state index in [1.165, 1.54) is 5.56 Å². The molecular weight excluding hydrogens is 326 g/mol. The summed E-state index contributed by atoms with van der Waals surface area (Å²) in [7, 11) is 0. The average Bonchev–Trinajstić information content (AvgIpc) is 3.22. The second-order valence-corrected chi connectivity index (χ2v) is 6.72. The van der Waals surface area contributed by atoms with Crippen LogP contribution in [-0.2, 0) is 0 Å². The van der Waals surface area contributed by atoms with E-state index in [4.69, 9.17) is 0 Å². The van der Waals surface area contributed by atoms with Crippen molar-refractivity contribution in [1.82, 2.24) is 25.1 Å². The molecule has 1 aromatic carbocycles. The van der Waals surface area contributed by atoms with Crippen molar-refractivity contribution < 1.29 is 4.79 Å². The summed E-state index contributed by atoms with van der Waals surface area (Å²) in [4.78, 5) is 23.8. The number of piperidine rings is 1. The van der Waals surface area contributed by atoms with E-state index >= 15 is 0 Å². The fourth-order valence-electron chi connectivity index (χ4n) is 3.59. The lowest BCUT2D eigenvalue weighted by Crippen LogP contribution is -2.39. The number of benzene rings is 1. The van der Waals surface area contributed by atoms with Gasteiger partial charge in [0, 0.05) is 43.2 Å². The van der Waals surface area contributed by atoms with Gasteiger partial charge in [-0.05, 0) is 31.9 Å². The zero-order valence-corrected chi connectivity index (χ0v) is 14.7. The second kappa shape index (κ2) is 7.07. The summed E-state index contributed by atoms with van der Waals surface area (Å²) < 4.78 is 0. The van der Waals surface area contributed by atoms with Crippen LogP contribution < -0.4 is 0 Å². The number of amides is 1. The normalized spacial score (nSPS) is 17.3. The number of carbonyl (C=O) groups is 1. The van der Waals surface area contributed by atoms with Gasteiger partial charge in [-0.3, -0.25) is 19.9 Å². The van der Waals surface area contributed by atoms with Crippen molar-refractivity contribution in [3.63, 3.8) is 0 Å². The summed E-state index contributed by atoms with van der Waals surface area (Å²) in [5, 5.41) is 6.65. The molecule has 1 amide bonds. The van der Waals surface area contributed by atoms with E-state index in [9.17, 15) is 4.79 Å². The maximum Gasteiger partial charge on any atom is 0.271 e. The maximum absolute atomic E-state index is 12.7. The van der Waals surface area contributed by atoms with Crippen molar-refractivity contribution in [3.8, 4) is 11.3 Å². The molecular formula is C20H21N5O. The van der Waals surface area contributed by atoms with Crippen molar-refractivity contribution in [1.29, 1.82) is 0 Å². The summed E-state index contributed by atoms with van der Waals surface area (Å²) >= 11 is 0. The Morgan fingerprint density at radius 3 is 2.88 bits per heavy atom. The first-order chi connectivity index (χ1) is 12.7. The van der Waals surface area contributed by atoms with E-state index in [0.29, 0.717) is 12.2 Å². The number of hydrogen-bond donors (Lipinski definition) is 1. The monoisotopic (exact) mass is 347 g/mol. The van der Waals surface area contributed by atoms with Crippen molar-refractivity contribution in [2.75, 3.05) is 13.1 Å². The molecule has 26 heavy (non-hydrogen) atoms. The molecule has 1 atom stereocenters. The van der Waals surface area contributed by atoms with Crippen LogP contribution in [0.4, 0.5) is 0 Å². The molecule has 3 heterocycles. The van der Waals surface area contributed by atoms with Gasteiger partial charge in [0.05, 0.1) is 11.4 Å². The fourth-order valence-corrected chi connectivity index (χ4v) is 3.59. The van der Waals surface area contributed by atoms with E-state index in [1.807, 2.05) is 11.0 Å². The van der Waals surface area contributed by atoms with Crippen LogP contribution in [0.5, 0.6) is 0 Å². The molecule has 0 saturated carbocycles. The zero-order chi connectivity index (χ0) is 17.9. The molecule has 0 aliphatic carbocycles. The fraction of sp³-hybridized carbons (Fsp3) is 0.300. The summed E-state index contributed by atoms with van der Waals surface area (Å²) in [6.07, 6.45) is 7.04. The van der Waals surface area contributed by atoms with E-state index in [2.05, 4.69) is 45.3 Å². The van der Waals surface area contributed by atoms with Crippen LogP contribution >= 0.6 is 0 Å². The molecule has 0 radical (unpaired) electrons. The van der Waals surface area contributed by atoms with Gasteiger partial charge in [0.25, 0.3) is 5.91 Å². The van der Waals surface area contributed by atoms with Crippen molar-refractivity contribution >= 4 is 5.91 Å². The highest BCUT2D eigenvalue weighted by Gasteiger charge is 2.28. The molecule has 6 heteroatoms. The van der Waals surface area contributed by atoms with Gasteiger partial charge in [-0.25, -0.2) is 0 Å². The highest BCUT2D eigenvalue weighted by Crippen LogP contribution is 2.32. The Bertz CT molecular complexity index is 906. The first kappa shape index (κ1) is 16.4. The first-order valence-corrected chi connectivity index (χ1v) is 8.89. The summed E-state index contributed by atoms with van der Waals surface area (Å²) in [6.45, 7) is 3.48. The highest BCUT2D eigenvalue weighted by molar-refractivity contribution is 5.92. The van der Waals surface area contributed by atoms with Crippen LogP contribution in [0.15, 0.2) is 48.9 Å². The maximum atomic E-state index is 12.7. The van der Waals surface area contributed by atoms with Gasteiger partial charge in [-0.2, -0.15) is 5.10 Å². The van der Waals surface area contributed by atoms with E-state index in [-0.39, 0.29) is 11.8 Å². The molecule has 0 bridgehead atoms. The molecule has 1 aliphatic rings. The highest BCUT2D eigenvalue weighted by atomic mass is 16.2. The lowest BCUT2D eigenvalue weighted by Gasteiger charge is -2.32. The Kier molecular flexibility index (Phi) is 4.48. The molecule has 6 nitrogen and oxygen atoms in total.